The molecule has 2 heterocycles. The Hall–Kier alpha value is -0.960. The second-order valence-electron chi connectivity index (χ2n) is 4.79. The number of nitrogens with one attached hydrogen (secondary N) is 1. The summed E-state index contributed by atoms with van der Waals surface area (Å²) in [6.07, 6.45) is 0. The van der Waals surface area contributed by atoms with Crippen LogP contribution in [0.4, 0.5) is 0 Å². The van der Waals surface area contributed by atoms with Crippen molar-refractivity contribution in [3.63, 3.8) is 0 Å². The van der Waals surface area contributed by atoms with E-state index in [1.165, 1.54) is 11.4 Å². The van der Waals surface area contributed by atoms with E-state index in [9.17, 15) is 13.2 Å². The molecule has 0 saturated carbocycles. The second kappa shape index (κ2) is 5.80. The van der Waals surface area contributed by atoms with Crippen LogP contribution in [0, 0.1) is 6.92 Å². The zero-order valence-electron chi connectivity index (χ0n) is 11.7. The maximum absolute atomic E-state index is 12.8. The van der Waals surface area contributed by atoms with Crippen LogP contribution in [0.25, 0.3) is 0 Å². The van der Waals surface area contributed by atoms with Crippen molar-refractivity contribution in [1.29, 1.82) is 0 Å². The van der Waals surface area contributed by atoms with Crippen molar-refractivity contribution in [2.24, 2.45) is 0 Å². The van der Waals surface area contributed by atoms with Crippen molar-refractivity contribution in [3.8, 4) is 0 Å². The smallest absolute Gasteiger partial charge is 0.349 e. The first-order chi connectivity index (χ1) is 9.37. The number of hydrogen-bond acceptors (Lipinski definition) is 6. The number of piperazine rings is 1. The molecule has 112 valence electrons. The normalized spacial score (nSPS) is 20.9. The highest BCUT2D eigenvalue weighted by Crippen LogP contribution is 2.30. The van der Waals surface area contributed by atoms with Crippen LogP contribution in [0.15, 0.2) is 10.3 Å². The van der Waals surface area contributed by atoms with Crippen molar-refractivity contribution < 1.29 is 17.9 Å². The maximum atomic E-state index is 12.8. The second-order valence-corrected chi connectivity index (χ2v) is 7.54. The molecule has 1 aliphatic rings. The van der Waals surface area contributed by atoms with Crippen molar-refractivity contribution >= 4 is 27.3 Å². The Bertz CT molecular complexity index is 609. The molecule has 20 heavy (non-hydrogen) atoms. The number of esters is 1. The summed E-state index contributed by atoms with van der Waals surface area (Å²) in [5.41, 5.74) is 0.585. The first-order valence-corrected chi connectivity index (χ1v) is 8.60. The van der Waals surface area contributed by atoms with E-state index in [4.69, 9.17) is 0 Å². The molecule has 1 atom stereocenters. The first-order valence-electron chi connectivity index (χ1n) is 6.28. The average Bonchev–Trinajstić information content (AvgIpc) is 2.80. The van der Waals surface area contributed by atoms with Gasteiger partial charge in [-0.1, -0.05) is 0 Å². The Morgan fingerprint density at radius 3 is 2.85 bits per heavy atom. The van der Waals surface area contributed by atoms with Crippen LogP contribution in [0.3, 0.4) is 0 Å². The number of methoxy groups -OCH3 is 1. The number of carbonyl (C=O) groups is 1. The molecule has 0 bridgehead atoms. The number of carbonyl (C=O) groups excluding carboxylic acids is 1. The fraction of sp³-hybridized carbons (Fsp3) is 0.583. The standard InChI is InChI=1S/C12H18N2O4S2/c1-8-7-19-10(12(15)18-3)11(8)20(16,17)14-5-4-13-9(2)6-14/h7,9,13H,4-6H2,1-3H3. The van der Waals surface area contributed by atoms with Crippen molar-refractivity contribution in [2.75, 3.05) is 26.7 Å². The maximum Gasteiger partial charge on any atom is 0.349 e. The van der Waals surface area contributed by atoms with Crippen LogP contribution >= 0.6 is 11.3 Å². The molecular formula is C12H18N2O4S2. The number of hydrogen-bond donors (Lipinski definition) is 1. The number of aryl methyl sites for hydroxylation is 1. The Labute approximate surface area is 122 Å². The molecule has 1 aromatic rings. The van der Waals surface area contributed by atoms with Gasteiger partial charge in [-0.2, -0.15) is 4.31 Å². The van der Waals surface area contributed by atoms with E-state index >= 15 is 0 Å². The lowest BCUT2D eigenvalue weighted by Gasteiger charge is -2.31. The number of nitrogens with zero attached hydrogens (tertiary/aromatic N) is 1. The van der Waals surface area contributed by atoms with Gasteiger partial charge in [0.15, 0.2) is 0 Å². The summed E-state index contributed by atoms with van der Waals surface area (Å²) in [5.74, 6) is -0.607. The Kier molecular flexibility index (Phi) is 4.48. The Morgan fingerprint density at radius 2 is 2.25 bits per heavy atom. The van der Waals surface area contributed by atoms with Crippen molar-refractivity contribution in [3.05, 3.63) is 15.8 Å². The minimum atomic E-state index is -3.67. The Balaban J connectivity index is 2.44. The van der Waals surface area contributed by atoms with Crippen LogP contribution in [0.5, 0.6) is 0 Å². The van der Waals surface area contributed by atoms with Gasteiger partial charge < -0.3 is 10.1 Å². The van der Waals surface area contributed by atoms with Gasteiger partial charge in [0, 0.05) is 25.7 Å². The van der Waals surface area contributed by atoms with E-state index in [2.05, 4.69) is 10.1 Å². The summed E-state index contributed by atoms with van der Waals surface area (Å²) in [7, 11) is -2.41. The van der Waals surface area contributed by atoms with E-state index in [0.717, 1.165) is 11.3 Å². The molecular weight excluding hydrogens is 300 g/mol. The molecule has 0 amide bonds. The van der Waals surface area contributed by atoms with Gasteiger partial charge in [0.2, 0.25) is 10.0 Å². The highest BCUT2D eigenvalue weighted by Gasteiger charge is 2.34. The monoisotopic (exact) mass is 318 g/mol. The number of sulfonamides is 1. The lowest BCUT2D eigenvalue weighted by Crippen LogP contribution is -2.51. The minimum Gasteiger partial charge on any atom is -0.465 e. The van der Waals surface area contributed by atoms with Gasteiger partial charge in [-0.25, -0.2) is 13.2 Å². The zero-order valence-corrected chi connectivity index (χ0v) is 13.3. The van der Waals surface area contributed by atoms with Gasteiger partial charge in [0.05, 0.1) is 7.11 Å². The fourth-order valence-corrected chi connectivity index (χ4v) is 5.42. The minimum absolute atomic E-state index is 0.0865. The highest BCUT2D eigenvalue weighted by atomic mass is 32.2. The lowest BCUT2D eigenvalue weighted by molar-refractivity contribution is 0.0602. The number of ether oxygens (including phenoxy) is 1. The van der Waals surface area contributed by atoms with Crippen LogP contribution in [0.2, 0.25) is 0 Å². The summed E-state index contributed by atoms with van der Waals surface area (Å²) >= 11 is 1.10. The van der Waals surface area contributed by atoms with Gasteiger partial charge in [0.25, 0.3) is 0 Å². The molecule has 6 nitrogen and oxygen atoms in total. The van der Waals surface area contributed by atoms with E-state index < -0.39 is 16.0 Å². The molecule has 0 aromatic carbocycles. The van der Waals surface area contributed by atoms with Gasteiger partial charge in [-0.05, 0) is 24.8 Å². The quantitative estimate of drug-likeness (QED) is 0.835. The number of rotatable bonds is 3. The third-order valence-electron chi connectivity index (χ3n) is 3.22. The molecule has 0 radical (unpaired) electrons. The molecule has 0 spiro atoms. The topological polar surface area (TPSA) is 75.7 Å². The van der Waals surface area contributed by atoms with E-state index in [0.29, 0.717) is 25.2 Å². The van der Waals surface area contributed by atoms with E-state index in [-0.39, 0.29) is 15.8 Å². The Morgan fingerprint density at radius 1 is 1.55 bits per heavy atom. The van der Waals surface area contributed by atoms with Crippen molar-refractivity contribution in [1.82, 2.24) is 9.62 Å². The molecule has 1 saturated heterocycles. The van der Waals surface area contributed by atoms with Crippen LogP contribution in [0.1, 0.15) is 22.2 Å². The highest BCUT2D eigenvalue weighted by molar-refractivity contribution is 7.89. The number of thiophene rings is 1. The predicted octanol–water partition coefficient (Wildman–Crippen LogP) is 0.826. The molecule has 1 N–H and O–H groups in total. The average molecular weight is 318 g/mol. The van der Waals surface area contributed by atoms with Crippen LogP contribution in [-0.4, -0.2) is 51.5 Å². The third-order valence-corrected chi connectivity index (χ3v) is 6.48. The summed E-state index contributed by atoms with van der Waals surface area (Å²) in [6.45, 7) is 5.04. The third kappa shape index (κ3) is 2.73. The SMILES string of the molecule is COC(=O)c1scc(C)c1S(=O)(=O)N1CCNC(C)C1. The summed E-state index contributed by atoms with van der Waals surface area (Å²) < 4.78 is 31.6. The molecule has 1 aliphatic heterocycles. The van der Waals surface area contributed by atoms with Gasteiger partial charge in [0.1, 0.15) is 9.77 Å². The summed E-state index contributed by atoms with van der Waals surface area (Å²) in [4.78, 5) is 12.0. The van der Waals surface area contributed by atoms with E-state index in [1.807, 2.05) is 6.92 Å². The van der Waals surface area contributed by atoms with E-state index in [1.54, 1.807) is 12.3 Å². The van der Waals surface area contributed by atoms with Crippen LogP contribution in [-0.2, 0) is 14.8 Å². The molecule has 1 unspecified atom stereocenters. The van der Waals surface area contributed by atoms with Crippen LogP contribution < -0.4 is 5.32 Å². The lowest BCUT2D eigenvalue weighted by atomic mass is 10.3. The first kappa shape index (κ1) is 15.4. The molecule has 1 fully saturated rings. The van der Waals surface area contributed by atoms with Crippen molar-refractivity contribution in [2.45, 2.75) is 24.8 Å². The largest absolute Gasteiger partial charge is 0.465 e. The van der Waals surface area contributed by atoms with Gasteiger partial charge in [-0.3, -0.25) is 0 Å². The molecule has 0 aliphatic carbocycles. The fourth-order valence-electron chi connectivity index (χ4n) is 2.23. The molecule has 8 heteroatoms. The predicted molar refractivity (Wildman–Crippen MR) is 76.6 cm³/mol. The summed E-state index contributed by atoms with van der Waals surface area (Å²) in [5, 5.41) is 4.87. The zero-order chi connectivity index (χ0) is 14.9. The van der Waals surface area contributed by atoms with Gasteiger partial charge >= 0.3 is 5.97 Å². The summed E-state index contributed by atoms with van der Waals surface area (Å²) in [6, 6.07) is 0.0963. The van der Waals surface area contributed by atoms with Gasteiger partial charge in [-0.15, -0.1) is 11.3 Å². The molecule has 1 aromatic heterocycles. The molecule has 2 rings (SSSR count).